The predicted octanol–water partition coefficient (Wildman–Crippen LogP) is 4.25. The van der Waals surface area contributed by atoms with Gasteiger partial charge in [0.05, 0.1) is 22.5 Å². The molecule has 3 atom stereocenters. The highest BCUT2D eigenvalue weighted by Gasteiger charge is 2.51. The van der Waals surface area contributed by atoms with Gasteiger partial charge in [0.25, 0.3) is 0 Å². The van der Waals surface area contributed by atoms with E-state index in [1.54, 1.807) is 12.1 Å². The quantitative estimate of drug-likeness (QED) is 0.507. The van der Waals surface area contributed by atoms with Crippen LogP contribution in [0.25, 0.3) is 0 Å². The van der Waals surface area contributed by atoms with E-state index in [1.807, 2.05) is 18.0 Å². The molecule has 4 rings (SSSR count). The van der Waals surface area contributed by atoms with Crippen LogP contribution < -0.4 is 0 Å². The number of hydrogen-bond acceptors (Lipinski definition) is 4. The third kappa shape index (κ3) is 4.25. The van der Waals surface area contributed by atoms with Crippen molar-refractivity contribution in [1.29, 1.82) is 0 Å². The molecule has 1 spiro atoms. The Morgan fingerprint density at radius 1 is 1.30 bits per heavy atom. The van der Waals surface area contributed by atoms with Crippen LogP contribution in [0.3, 0.4) is 0 Å². The average Bonchev–Trinajstić information content (AvgIpc) is 3.33. The van der Waals surface area contributed by atoms with Gasteiger partial charge in [-0.15, -0.1) is 0 Å². The minimum Gasteiger partial charge on any atom is -0.455 e. The summed E-state index contributed by atoms with van der Waals surface area (Å²) in [6.45, 7) is 6.00. The highest BCUT2D eigenvalue weighted by atomic mass is 35.5. The third-order valence-corrected chi connectivity index (χ3v) is 7.63. The van der Waals surface area contributed by atoms with E-state index in [4.69, 9.17) is 27.9 Å². The Hall–Kier alpha value is -1.56. The summed E-state index contributed by atoms with van der Waals surface area (Å²) in [5, 5.41) is 0.931. The van der Waals surface area contributed by atoms with Gasteiger partial charge in [-0.05, 0) is 56.5 Å². The SMILES string of the molecule is C=C1C[C@@]2(CC[C@H](N3CCCC3)[C@@H](N(C)C(=O)Cc3ccc(Cl)c(Cl)c3)C2)OC1=O. The molecule has 2 aliphatic heterocycles. The molecule has 3 fully saturated rings. The molecule has 1 aromatic carbocycles. The lowest BCUT2D eigenvalue weighted by Crippen LogP contribution is -2.58. The van der Waals surface area contributed by atoms with Gasteiger partial charge in [0.1, 0.15) is 5.60 Å². The van der Waals surface area contributed by atoms with Gasteiger partial charge in [0, 0.05) is 31.5 Å². The van der Waals surface area contributed by atoms with E-state index in [-0.39, 0.29) is 30.4 Å². The summed E-state index contributed by atoms with van der Waals surface area (Å²) in [4.78, 5) is 29.6. The summed E-state index contributed by atoms with van der Waals surface area (Å²) in [5.74, 6) is -0.263. The fourth-order valence-corrected chi connectivity index (χ4v) is 5.59. The number of hydrogen-bond donors (Lipinski definition) is 0. The zero-order valence-corrected chi connectivity index (χ0v) is 18.8. The number of nitrogens with zero attached hydrogens (tertiary/aromatic N) is 2. The second-order valence-corrected chi connectivity index (χ2v) is 9.72. The van der Waals surface area contributed by atoms with Crippen LogP contribution >= 0.6 is 23.2 Å². The van der Waals surface area contributed by atoms with Gasteiger partial charge in [0.2, 0.25) is 5.91 Å². The first kappa shape index (κ1) is 21.7. The monoisotopic (exact) mass is 450 g/mol. The van der Waals surface area contributed by atoms with E-state index >= 15 is 0 Å². The summed E-state index contributed by atoms with van der Waals surface area (Å²) in [6.07, 6.45) is 5.60. The van der Waals surface area contributed by atoms with E-state index in [0.29, 0.717) is 28.5 Å². The Morgan fingerprint density at radius 3 is 2.67 bits per heavy atom. The van der Waals surface area contributed by atoms with Gasteiger partial charge in [-0.2, -0.15) is 0 Å². The Labute approximate surface area is 187 Å². The molecule has 5 nitrogen and oxygen atoms in total. The number of amides is 1. The molecule has 3 aliphatic rings. The highest BCUT2D eigenvalue weighted by Crippen LogP contribution is 2.44. The van der Waals surface area contributed by atoms with E-state index < -0.39 is 5.60 Å². The molecule has 2 heterocycles. The molecular weight excluding hydrogens is 423 g/mol. The molecule has 1 saturated carbocycles. The van der Waals surface area contributed by atoms with Gasteiger partial charge in [-0.25, -0.2) is 4.79 Å². The Bertz CT molecular complexity index is 850. The summed E-state index contributed by atoms with van der Waals surface area (Å²) >= 11 is 12.1. The molecule has 7 heteroatoms. The topological polar surface area (TPSA) is 49.9 Å². The smallest absolute Gasteiger partial charge is 0.334 e. The summed E-state index contributed by atoms with van der Waals surface area (Å²) in [6, 6.07) is 5.58. The lowest BCUT2D eigenvalue weighted by atomic mass is 9.75. The van der Waals surface area contributed by atoms with Crippen molar-refractivity contribution in [3.05, 3.63) is 46.0 Å². The normalized spacial score (nSPS) is 29.4. The van der Waals surface area contributed by atoms with Crippen LogP contribution in [-0.4, -0.2) is 59.5 Å². The number of halogens is 2. The van der Waals surface area contributed by atoms with Crippen molar-refractivity contribution in [2.45, 2.75) is 62.6 Å². The molecule has 162 valence electrons. The number of carbonyl (C=O) groups is 2. The number of ether oxygens (including phenoxy) is 1. The van der Waals surface area contributed by atoms with Crippen molar-refractivity contribution in [1.82, 2.24) is 9.80 Å². The molecule has 1 amide bonds. The highest BCUT2D eigenvalue weighted by molar-refractivity contribution is 6.42. The minimum absolute atomic E-state index is 0.00850. The Morgan fingerprint density at radius 2 is 2.03 bits per heavy atom. The Kier molecular flexibility index (Phi) is 6.16. The molecule has 0 radical (unpaired) electrons. The molecular formula is C23H28Cl2N2O3. The number of carbonyl (C=O) groups excluding carboxylic acids is 2. The lowest BCUT2D eigenvalue weighted by molar-refractivity contribution is -0.154. The van der Waals surface area contributed by atoms with Crippen LogP contribution in [0, 0.1) is 0 Å². The second-order valence-electron chi connectivity index (χ2n) is 8.90. The van der Waals surface area contributed by atoms with Crippen LogP contribution in [0.1, 0.15) is 44.1 Å². The van der Waals surface area contributed by atoms with Crippen LogP contribution in [0.5, 0.6) is 0 Å². The van der Waals surface area contributed by atoms with Gasteiger partial charge in [0.15, 0.2) is 0 Å². The maximum atomic E-state index is 13.2. The standard InChI is InChI=1S/C23H28Cl2N2O3/c1-15-13-23(30-22(15)29)8-7-19(27-9-3-4-10-27)20(14-23)26(2)21(28)12-16-5-6-17(24)18(25)11-16/h5-6,11,19-20H,1,3-4,7-10,12-14H2,2H3/t19-,20-,23+/m0/s1. The molecule has 30 heavy (non-hydrogen) atoms. The van der Waals surface area contributed by atoms with Crippen LogP contribution in [0.4, 0.5) is 0 Å². The molecule has 0 unspecified atom stereocenters. The largest absolute Gasteiger partial charge is 0.455 e. The first-order valence-electron chi connectivity index (χ1n) is 10.6. The average molecular weight is 451 g/mol. The van der Waals surface area contributed by atoms with E-state index in [9.17, 15) is 9.59 Å². The molecule has 0 N–H and O–H groups in total. The fourth-order valence-electron chi connectivity index (χ4n) is 5.27. The lowest BCUT2D eigenvalue weighted by Gasteiger charge is -2.48. The van der Waals surface area contributed by atoms with E-state index in [1.165, 1.54) is 12.8 Å². The van der Waals surface area contributed by atoms with Crippen molar-refractivity contribution < 1.29 is 14.3 Å². The minimum atomic E-state index is -0.521. The van der Waals surface area contributed by atoms with Gasteiger partial charge < -0.3 is 9.64 Å². The summed E-state index contributed by atoms with van der Waals surface area (Å²) < 4.78 is 5.79. The second kappa shape index (κ2) is 8.52. The van der Waals surface area contributed by atoms with E-state index in [2.05, 4.69) is 11.5 Å². The van der Waals surface area contributed by atoms with Crippen molar-refractivity contribution >= 4 is 35.1 Å². The van der Waals surface area contributed by atoms with E-state index in [0.717, 1.165) is 31.5 Å². The number of likely N-dealkylation sites (tertiary alicyclic amines) is 1. The first-order valence-corrected chi connectivity index (χ1v) is 11.4. The van der Waals surface area contributed by atoms with Crippen LogP contribution in [0.15, 0.2) is 30.4 Å². The number of likely N-dealkylation sites (N-methyl/N-ethyl adjacent to an activating group) is 1. The predicted molar refractivity (Wildman–Crippen MR) is 118 cm³/mol. The molecule has 0 aromatic heterocycles. The first-order chi connectivity index (χ1) is 14.3. The van der Waals surface area contributed by atoms with Crippen molar-refractivity contribution in [2.24, 2.45) is 0 Å². The van der Waals surface area contributed by atoms with Gasteiger partial charge >= 0.3 is 5.97 Å². The maximum absolute atomic E-state index is 13.2. The Balaban J connectivity index is 1.54. The number of rotatable bonds is 4. The van der Waals surface area contributed by atoms with Crippen molar-refractivity contribution in [3.63, 3.8) is 0 Å². The number of esters is 1. The van der Waals surface area contributed by atoms with Crippen LogP contribution in [-0.2, 0) is 20.7 Å². The molecule has 0 bridgehead atoms. The zero-order chi connectivity index (χ0) is 21.5. The summed E-state index contributed by atoms with van der Waals surface area (Å²) in [5.41, 5.74) is 0.857. The molecule has 1 aromatic rings. The van der Waals surface area contributed by atoms with Crippen LogP contribution in [0.2, 0.25) is 10.0 Å². The van der Waals surface area contributed by atoms with Gasteiger partial charge in [-0.3, -0.25) is 9.69 Å². The number of benzene rings is 1. The van der Waals surface area contributed by atoms with Gasteiger partial charge in [-0.1, -0.05) is 35.8 Å². The molecule has 2 saturated heterocycles. The fraction of sp³-hybridized carbons (Fsp3) is 0.565. The third-order valence-electron chi connectivity index (χ3n) is 6.89. The maximum Gasteiger partial charge on any atom is 0.334 e. The van der Waals surface area contributed by atoms with Crippen molar-refractivity contribution in [3.8, 4) is 0 Å². The zero-order valence-electron chi connectivity index (χ0n) is 17.3. The molecule has 1 aliphatic carbocycles. The summed E-state index contributed by atoms with van der Waals surface area (Å²) in [7, 11) is 1.87. The van der Waals surface area contributed by atoms with Crippen molar-refractivity contribution in [2.75, 3.05) is 20.1 Å².